The van der Waals surface area contributed by atoms with Gasteiger partial charge in [0.2, 0.25) is 0 Å². The van der Waals surface area contributed by atoms with E-state index in [-0.39, 0.29) is 6.61 Å². The van der Waals surface area contributed by atoms with Crippen molar-refractivity contribution in [2.24, 2.45) is 5.92 Å². The van der Waals surface area contributed by atoms with E-state index >= 15 is 0 Å². The number of piperidine rings is 1. The molecule has 0 bridgehead atoms. The molecule has 0 atom stereocenters. The molecule has 102 valence electrons. The summed E-state index contributed by atoms with van der Waals surface area (Å²) >= 11 is 0. The molecular formula is C13H19N5O. The molecule has 19 heavy (non-hydrogen) atoms. The minimum absolute atomic E-state index is 0.288. The second-order valence-electron chi connectivity index (χ2n) is 4.97. The van der Waals surface area contributed by atoms with Crippen LogP contribution in [0.15, 0.2) is 18.6 Å². The summed E-state index contributed by atoms with van der Waals surface area (Å²) in [5.74, 6) is 2.19. The average Bonchev–Trinajstić information content (AvgIpc) is 2.94. The highest BCUT2D eigenvalue weighted by atomic mass is 16.3. The number of aromatic nitrogens is 3. The van der Waals surface area contributed by atoms with Crippen LogP contribution in [0.1, 0.15) is 12.8 Å². The van der Waals surface area contributed by atoms with Crippen LogP contribution in [0.5, 0.6) is 0 Å². The van der Waals surface area contributed by atoms with Crippen molar-refractivity contribution in [2.75, 3.05) is 37.0 Å². The molecule has 0 unspecified atom stereocenters. The molecule has 3 heterocycles. The Balaban J connectivity index is 1.93. The van der Waals surface area contributed by atoms with Gasteiger partial charge >= 0.3 is 0 Å². The van der Waals surface area contributed by atoms with E-state index in [9.17, 15) is 5.11 Å². The number of imidazole rings is 1. The molecule has 2 N–H and O–H groups in total. The molecular weight excluding hydrogens is 242 g/mol. The summed E-state index contributed by atoms with van der Waals surface area (Å²) < 4.78 is 1.99. The van der Waals surface area contributed by atoms with Crippen LogP contribution in [0.2, 0.25) is 0 Å². The highest BCUT2D eigenvalue weighted by Crippen LogP contribution is 2.25. The molecule has 0 spiro atoms. The zero-order valence-corrected chi connectivity index (χ0v) is 11.1. The molecule has 2 aromatic rings. The Kier molecular flexibility index (Phi) is 3.25. The number of aliphatic hydroxyl groups excluding tert-OH is 1. The van der Waals surface area contributed by atoms with Gasteiger partial charge in [-0.25, -0.2) is 9.97 Å². The van der Waals surface area contributed by atoms with Crippen LogP contribution in [0.4, 0.5) is 11.6 Å². The van der Waals surface area contributed by atoms with Crippen LogP contribution in [-0.2, 0) is 0 Å². The Labute approximate surface area is 112 Å². The summed E-state index contributed by atoms with van der Waals surface area (Å²) in [6.07, 6.45) is 7.68. The number of hydrogen-bond donors (Lipinski definition) is 2. The van der Waals surface area contributed by atoms with Gasteiger partial charge in [-0.2, -0.15) is 0 Å². The van der Waals surface area contributed by atoms with Crippen LogP contribution < -0.4 is 10.2 Å². The normalized spacial score (nSPS) is 17.1. The van der Waals surface area contributed by atoms with Gasteiger partial charge < -0.3 is 19.7 Å². The minimum atomic E-state index is 0.288. The lowest BCUT2D eigenvalue weighted by Gasteiger charge is -2.32. The molecule has 6 heteroatoms. The van der Waals surface area contributed by atoms with E-state index in [2.05, 4.69) is 20.2 Å². The fourth-order valence-corrected chi connectivity index (χ4v) is 2.58. The molecule has 0 amide bonds. The average molecular weight is 261 g/mol. The van der Waals surface area contributed by atoms with E-state index < -0.39 is 0 Å². The molecule has 0 radical (unpaired) electrons. The first-order valence-corrected chi connectivity index (χ1v) is 6.69. The van der Waals surface area contributed by atoms with Gasteiger partial charge in [0.25, 0.3) is 0 Å². The van der Waals surface area contributed by atoms with Crippen LogP contribution in [0.25, 0.3) is 5.65 Å². The van der Waals surface area contributed by atoms with E-state index in [1.165, 1.54) is 0 Å². The number of nitrogens with zero attached hydrogens (tertiary/aromatic N) is 4. The highest BCUT2D eigenvalue weighted by molar-refractivity contribution is 5.66. The molecule has 1 aliphatic heterocycles. The van der Waals surface area contributed by atoms with E-state index in [0.717, 1.165) is 43.2 Å². The molecule has 1 saturated heterocycles. The molecule has 0 saturated carbocycles. The molecule has 1 fully saturated rings. The summed E-state index contributed by atoms with van der Waals surface area (Å²) in [5, 5.41) is 12.3. The summed E-state index contributed by atoms with van der Waals surface area (Å²) in [7, 11) is 1.87. The number of fused-ring (bicyclic) bond motifs is 1. The van der Waals surface area contributed by atoms with Crippen LogP contribution in [-0.4, -0.2) is 46.2 Å². The number of hydrogen-bond acceptors (Lipinski definition) is 5. The summed E-state index contributed by atoms with van der Waals surface area (Å²) in [4.78, 5) is 11.3. The Morgan fingerprint density at radius 3 is 2.89 bits per heavy atom. The fourth-order valence-electron chi connectivity index (χ4n) is 2.58. The Bertz CT molecular complexity index is 559. The lowest BCUT2D eigenvalue weighted by Crippen LogP contribution is -2.35. The van der Waals surface area contributed by atoms with Gasteiger partial charge in [0.15, 0.2) is 11.5 Å². The number of nitrogens with one attached hydrogen (secondary N) is 1. The predicted molar refractivity (Wildman–Crippen MR) is 74.6 cm³/mol. The molecule has 6 nitrogen and oxygen atoms in total. The molecule has 3 rings (SSSR count). The van der Waals surface area contributed by atoms with E-state index in [1.54, 1.807) is 6.20 Å². The van der Waals surface area contributed by atoms with Gasteiger partial charge in [0.1, 0.15) is 5.82 Å². The summed E-state index contributed by atoms with van der Waals surface area (Å²) in [5.41, 5.74) is 0.890. The maximum atomic E-state index is 9.21. The van der Waals surface area contributed by atoms with E-state index in [0.29, 0.717) is 5.92 Å². The third kappa shape index (κ3) is 2.23. The number of rotatable bonds is 3. The Morgan fingerprint density at radius 2 is 2.21 bits per heavy atom. The van der Waals surface area contributed by atoms with Crippen LogP contribution >= 0.6 is 0 Å². The third-order valence-electron chi connectivity index (χ3n) is 3.78. The van der Waals surface area contributed by atoms with Crippen molar-refractivity contribution in [1.82, 2.24) is 14.4 Å². The summed E-state index contributed by atoms with van der Waals surface area (Å²) in [6.45, 7) is 2.14. The lowest BCUT2D eigenvalue weighted by molar-refractivity contribution is 0.203. The number of aliphatic hydroxyl groups is 1. The first kappa shape index (κ1) is 12.2. The SMILES string of the molecule is CNc1cn2ccnc2c(N2CCC(CO)CC2)n1. The quantitative estimate of drug-likeness (QED) is 0.862. The topological polar surface area (TPSA) is 65.7 Å². The van der Waals surface area contributed by atoms with Crippen molar-refractivity contribution in [3.8, 4) is 0 Å². The maximum Gasteiger partial charge on any atom is 0.180 e. The van der Waals surface area contributed by atoms with Crippen molar-refractivity contribution in [2.45, 2.75) is 12.8 Å². The van der Waals surface area contributed by atoms with Crippen molar-refractivity contribution in [3.63, 3.8) is 0 Å². The molecule has 0 aliphatic carbocycles. The van der Waals surface area contributed by atoms with Gasteiger partial charge in [-0.05, 0) is 18.8 Å². The van der Waals surface area contributed by atoms with Crippen LogP contribution in [0.3, 0.4) is 0 Å². The lowest BCUT2D eigenvalue weighted by atomic mass is 9.98. The van der Waals surface area contributed by atoms with Gasteiger partial charge in [-0.1, -0.05) is 0 Å². The largest absolute Gasteiger partial charge is 0.396 e. The maximum absolute atomic E-state index is 9.21. The fraction of sp³-hybridized carbons (Fsp3) is 0.538. The van der Waals surface area contributed by atoms with E-state index in [1.807, 2.05) is 23.8 Å². The smallest absolute Gasteiger partial charge is 0.180 e. The summed E-state index contributed by atoms with van der Waals surface area (Å²) in [6, 6.07) is 0. The number of anilines is 2. The van der Waals surface area contributed by atoms with Gasteiger partial charge in [0.05, 0.1) is 6.20 Å². The third-order valence-corrected chi connectivity index (χ3v) is 3.78. The second kappa shape index (κ2) is 5.05. The van der Waals surface area contributed by atoms with Gasteiger partial charge in [0, 0.05) is 39.1 Å². The van der Waals surface area contributed by atoms with Crippen molar-refractivity contribution in [1.29, 1.82) is 0 Å². The van der Waals surface area contributed by atoms with Gasteiger partial charge in [-0.3, -0.25) is 0 Å². The second-order valence-corrected chi connectivity index (χ2v) is 4.97. The Hall–Kier alpha value is -1.82. The minimum Gasteiger partial charge on any atom is -0.396 e. The van der Waals surface area contributed by atoms with Crippen LogP contribution in [0, 0.1) is 5.92 Å². The zero-order valence-electron chi connectivity index (χ0n) is 11.1. The van der Waals surface area contributed by atoms with Crippen molar-refractivity contribution >= 4 is 17.3 Å². The van der Waals surface area contributed by atoms with Gasteiger partial charge in [-0.15, -0.1) is 0 Å². The first-order valence-electron chi connectivity index (χ1n) is 6.69. The highest BCUT2D eigenvalue weighted by Gasteiger charge is 2.22. The first-order chi connectivity index (χ1) is 9.31. The van der Waals surface area contributed by atoms with Crippen molar-refractivity contribution in [3.05, 3.63) is 18.6 Å². The molecule has 2 aromatic heterocycles. The molecule has 0 aromatic carbocycles. The predicted octanol–water partition coefficient (Wildman–Crippen LogP) is 0.980. The van der Waals surface area contributed by atoms with E-state index in [4.69, 9.17) is 0 Å². The molecule has 1 aliphatic rings. The standard InChI is InChI=1S/C13H19N5O/c1-14-11-8-18-7-4-15-12(18)13(16-11)17-5-2-10(9-19)3-6-17/h4,7-8,10,14,19H,2-3,5-6,9H2,1H3. The monoisotopic (exact) mass is 261 g/mol. The zero-order chi connectivity index (χ0) is 13.2. The van der Waals surface area contributed by atoms with Crippen molar-refractivity contribution < 1.29 is 5.11 Å². The Morgan fingerprint density at radius 1 is 1.42 bits per heavy atom.